The first-order valence-electron chi connectivity index (χ1n) is 7.46. The Morgan fingerprint density at radius 3 is 3.00 bits per heavy atom. The van der Waals surface area contributed by atoms with E-state index >= 15 is 0 Å². The number of hydrogen-bond donors (Lipinski definition) is 1. The van der Waals surface area contributed by atoms with Crippen molar-refractivity contribution in [2.24, 2.45) is 0 Å². The highest BCUT2D eigenvalue weighted by molar-refractivity contribution is 9.10. The summed E-state index contributed by atoms with van der Waals surface area (Å²) in [6.45, 7) is 3.11. The van der Waals surface area contributed by atoms with Gasteiger partial charge in [-0.2, -0.15) is 4.98 Å². The van der Waals surface area contributed by atoms with Crippen molar-refractivity contribution in [3.63, 3.8) is 0 Å². The average Bonchev–Trinajstić information content (AvgIpc) is 2.98. The van der Waals surface area contributed by atoms with Crippen LogP contribution in [0.2, 0.25) is 0 Å². The van der Waals surface area contributed by atoms with E-state index in [0.29, 0.717) is 17.8 Å². The minimum atomic E-state index is 0.320. The summed E-state index contributed by atoms with van der Waals surface area (Å²) in [5.74, 6) is 1.68. The van der Waals surface area contributed by atoms with Gasteiger partial charge in [-0.15, -0.1) is 0 Å². The van der Waals surface area contributed by atoms with Crippen LogP contribution in [-0.4, -0.2) is 27.7 Å². The number of aromatic nitrogens is 3. The second kappa shape index (κ2) is 6.66. The van der Waals surface area contributed by atoms with E-state index < -0.39 is 0 Å². The van der Waals surface area contributed by atoms with Crippen molar-refractivity contribution >= 4 is 15.9 Å². The lowest BCUT2D eigenvalue weighted by Gasteiger charge is -2.29. The van der Waals surface area contributed by atoms with Crippen LogP contribution in [0.5, 0.6) is 0 Å². The first kappa shape index (κ1) is 14.7. The molecule has 3 rings (SSSR count). The van der Waals surface area contributed by atoms with Crippen LogP contribution >= 0.6 is 15.9 Å². The molecule has 1 fully saturated rings. The fourth-order valence-electron chi connectivity index (χ4n) is 2.97. The zero-order valence-corrected chi connectivity index (χ0v) is 13.6. The summed E-state index contributed by atoms with van der Waals surface area (Å²) >= 11 is 3.41. The Bertz CT molecular complexity index is 599. The van der Waals surface area contributed by atoms with Crippen molar-refractivity contribution in [1.29, 1.82) is 0 Å². The third-order valence-corrected chi connectivity index (χ3v) is 4.39. The van der Waals surface area contributed by atoms with Gasteiger partial charge in [0.15, 0.2) is 0 Å². The highest BCUT2D eigenvalue weighted by Crippen LogP contribution is 2.33. The standard InChI is InChI=1S/C15H19BrN4O/c1-2-18-13-6-4-3-5-12(13)15-19-14(20-21-15)10-7-11(16)9-17-8-10/h7-9,12-13,18H,2-6H2,1H3. The molecule has 1 aliphatic rings. The number of likely N-dealkylation sites (N-methyl/N-ethyl adjacent to an activating group) is 1. The topological polar surface area (TPSA) is 63.8 Å². The van der Waals surface area contributed by atoms with Gasteiger partial charge in [0.2, 0.25) is 11.7 Å². The Morgan fingerprint density at radius 1 is 1.33 bits per heavy atom. The summed E-state index contributed by atoms with van der Waals surface area (Å²) < 4.78 is 6.44. The van der Waals surface area contributed by atoms with Gasteiger partial charge in [-0.05, 0) is 41.4 Å². The third kappa shape index (κ3) is 3.32. The maximum atomic E-state index is 5.53. The Hall–Kier alpha value is -1.27. The van der Waals surface area contributed by atoms with E-state index in [1.165, 1.54) is 19.3 Å². The van der Waals surface area contributed by atoms with Gasteiger partial charge in [-0.3, -0.25) is 4.98 Å². The molecule has 0 aromatic carbocycles. The number of nitrogens with one attached hydrogen (secondary N) is 1. The Balaban J connectivity index is 1.83. The van der Waals surface area contributed by atoms with Crippen LogP contribution in [0.25, 0.3) is 11.4 Å². The minimum absolute atomic E-state index is 0.320. The molecule has 0 bridgehead atoms. The van der Waals surface area contributed by atoms with Gasteiger partial charge in [-0.25, -0.2) is 0 Å². The molecule has 6 heteroatoms. The second-order valence-corrected chi connectivity index (χ2v) is 6.32. The molecular weight excluding hydrogens is 332 g/mol. The molecule has 0 aliphatic heterocycles. The quantitative estimate of drug-likeness (QED) is 0.913. The van der Waals surface area contributed by atoms with Gasteiger partial charge in [0.1, 0.15) is 0 Å². The van der Waals surface area contributed by atoms with E-state index in [1.807, 2.05) is 6.07 Å². The molecule has 2 atom stereocenters. The van der Waals surface area contributed by atoms with Crippen LogP contribution in [0.3, 0.4) is 0 Å². The zero-order valence-electron chi connectivity index (χ0n) is 12.1. The van der Waals surface area contributed by atoms with E-state index in [1.54, 1.807) is 12.4 Å². The van der Waals surface area contributed by atoms with Gasteiger partial charge < -0.3 is 9.84 Å². The fourth-order valence-corrected chi connectivity index (χ4v) is 3.34. The van der Waals surface area contributed by atoms with E-state index in [2.05, 4.69) is 43.3 Å². The van der Waals surface area contributed by atoms with Gasteiger partial charge in [0, 0.05) is 28.5 Å². The lowest BCUT2D eigenvalue weighted by atomic mass is 9.84. The number of nitrogens with zero attached hydrogens (tertiary/aromatic N) is 3. The fraction of sp³-hybridized carbons (Fsp3) is 0.533. The van der Waals surface area contributed by atoms with Crippen molar-refractivity contribution in [3.05, 3.63) is 28.8 Å². The molecule has 0 saturated heterocycles. The van der Waals surface area contributed by atoms with Crippen molar-refractivity contribution in [2.75, 3.05) is 6.54 Å². The molecule has 1 N–H and O–H groups in total. The van der Waals surface area contributed by atoms with Crippen LogP contribution in [0.15, 0.2) is 27.5 Å². The monoisotopic (exact) mass is 350 g/mol. The average molecular weight is 351 g/mol. The number of halogens is 1. The van der Waals surface area contributed by atoms with Gasteiger partial charge in [0.05, 0.1) is 5.92 Å². The summed E-state index contributed by atoms with van der Waals surface area (Å²) in [6.07, 6.45) is 8.27. The molecule has 0 radical (unpaired) electrons. The van der Waals surface area contributed by atoms with E-state index in [0.717, 1.165) is 28.9 Å². The molecule has 2 aromatic heterocycles. The number of pyridine rings is 1. The van der Waals surface area contributed by atoms with Crippen LogP contribution in [0.4, 0.5) is 0 Å². The first-order valence-corrected chi connectivity index (χ1v) is 8.25. The van der Waals surface area contributed by atoms with Crippen LogP contribution in [-0.2, 0) is 0 Å². The largest absolute Gasteiger partial charge is 0.339 e. The molecule has 2 heterocycles. The van der Waals surface area contributed by atoms with E-state index in [-0.39, 0.29) is 0 Å². The maximum absolute atomic E-state index is 5.53. The summed E-state index contributed by atoms with van der Waals surface area (Å²) in [7, 11) is 0. The second-order valence-electron chi connectivity index (χ2n) is 5.40. The lowest BCUT2D eigenvalue weighted by molar-refractivity contribution is 0.265. The van der Waals surface area contributed by atoms with E-state index in [4.69, 9.17) is 4.52 Å². The number of rotatable bonds is 4. The Kier molecular flexibility index (Phi) is 4.65. The molecule has 0 spiro atoms. The lowest BCUT2D eigenvalue weighted by Crippen LogP contribution is -2.37. The summed E-state index contributed by atoms with van der Waals surface area (Å²) in [4.78, 5) is 8.75. The van der Waals surface area contributed by atoms with E-state index in [9.17, 15) is 0 Å². The summed E-state index contributed by atoms with van der Waals surface area (Å²) in [5, 5.41) is 7.67. The zero-order chi connectivity index (χ0) is 14.7. The van der Waals surface area contributed by atoms with Crippen molar-refractivity contribution in [2.45, 2.75) is 44.6 Å². The van der Waals surface area contributed by atoms with Gasteiger partial charge in [-0.1, -0.05) is 24.9 Å². The molecule has 2 aromatic rings. The Morgan fingerprint density at radius 2 is 2.19 bits per heavy atom. The summed E-state index contributed by atoms with van der Waals surface area (Å²) in [5.41, 5.74) is 0.871. The van der Waals surface area contributed by atoms with Crippen LogP contribution in [0.1, 0.15) is 44.4 Å². The molecule has 5 nitrogen and oxygen atoms in total. The minimum Gasteiger partial charge on any atom is -0.339 e. The predicted molar refractivity (Wildman–Crippen MR) is 83.9 cm³/mol. The molecule has 2 unspecified atom stereocenters. The van der Waals surface area contributed by atoms with Gasteiger partial charge in [0.25, 0.3) is 0 Å². The smallest absolute Gasteiger partial charge is 0.231 e. The van der Waals surface area contributed by atoms with Crippen LogP contribution < -0.4 is 5.32 Å². The van der Waals surface area contributed by atoms with Crippen molar-refractivity contribution < 1.29 is 4.52 Å². The van der Waals surface area contributed by atoms with Gasteiger partial charge >= 0.3 is 0 Å². The normalized spacial score (nSPS) is 22.4. The van der Waals surface area contributed by atoms with Crippen molar-refractivity contribution in [1.82, 2.24) is 20.4 Å². The molecule has 1 saturated carbocycles. The molecular formula is C15H19BrN4O. The Labute approximate surface area is 132 Å². The first-order chi connectivity index (χ1) is 10.3. The third-order valence-electron chi connectivity index (χ3n) is 3.95. The molecule has 1 aliphatic carbocycles. The highest BCUT2D eigenvalue weighted by Gasteiger charge is 2.30. The molecule has 112 valence electrons. The SMILES string of the molecule is CCNC1CCCCC1c1nc(-c2cncc(Br)c2)no1. The number of hydrogen-bond acceptors (Lipinski definition) is 5. The molecule has 21 heavy (non-hydrogen) atoms. The summed E-state index contributed by atoms with van der Waals surface area (Å²) in [6, 6.07) is 2.39. The van der Waals surface area contributed by atoms with Crippen molar-refractivity contribution in [3.8, 4) is 11.4 Å². The maximum Gasteiger partial charge on any atom is 0.231 e. The van der Waals surface area contributed by atoms with Crippen LogP contribution in [0, 0.1) is 0 Å². The predicted octanol–water partition coefficient (Wildman–Crippen LogP) is 3.53. The highest BCUT2D eigenvalue weighted by atomic mass is 79.9. The molecule has 0 amide bonds.